The molecular formula is C24H27NO5. The van der Waals surface area contributed by atoms with Crippen molar-refractivity contribution in [1.29, 1.82) is 0 Å². The van der Waals surface area contributed by atoms with Crippen molar-refractivity contribution in [3.63, 3.8) is 0 Å². The van der Waals surface area contributed by atoms with Gasteiger partial charge in [0.25, 0.3) is 0 Å². The summed E-state index contributed by atoms with van der Waals surface area (Å²) in [5, 5.41) is 11.8. The van der Waals surface area contributed by atoms with Crippen LogP contribution < -0.4 is 5.32 Å². The molecule has 6 nitrogen and oxygen atoms in total. The third-order valence-electron chi connectivity index (χ3n) is 6.05. The van der Waals surface area contributed by atoms with Crippen molar-refractivity contribution < 1.29 is 24.2 Å². The molecule has 1 fully saturated rings. The van der Waals surface area contributed by atoms with E-state index >= 15 is 0 Å². The van der Waals surface area contributed by atoms with E-state index in [0.29, 0.717) is 12.5 Å². The molecule has 158 valence electrons. The van der Waals surface area contributed by atoms with Gasteiger partial charge in [0, 0.05) is 12.5 Å². The van der Waals surface area contributed by atoms with E-state index < -0.39 is 18.1 Å². The number of carbonyl (C=O) groups is 2. The van der Waals surface area contributed by atoms with Gasteiger partial charge in [0.05, 0.1) is 6.61 Å². The zero-order chi connectivity index (χ0) is 20.9. The van der Waals surface area contributed by atoms with Crippen molar-refractivity contribution in [3.8, 4) is 11.1 Å². The van der Waals surface area contributed by atoms with Crippen molar-refractivity contribution in [2.24, 2.45) is 5.92 Å². The number of nitrogens with one attached hydrogen (secondary N) is 1. The highest BCUT2D eigenvalue weighted by molar-refractivity contribution is 5.81. The van der Waals surface area contributed by atoms with Gasteiger partial charge in [-0.3, -0.25) is 0 Å². The molecule has 0 unspecified atom stereocenters. The lowest BCUT2D eigenvalue weighted by atomic mass is 9.98. The van der Waals surface area contributed by atoms with Crippen molar-refractivity contribution in [3.05, 3.63) is 59.7 Å². The number of ether oxygens (including phenoxy) is 2. The molecule has 0 saturated heterocycles. The third kappa shape index (κ3) is 4.49. The topological polar surface area (TPSA) is 84.9 Å². The number of carboxylic acids is 1. The average Bonchev–Trinajstić information content (AvgIpc) is 3.38. The van der Waals surface area contributed by atoms with Crippen molar-refractivity contribution in [2.75, 3.05) is 19.8 Å². The molecule has 1 atom stereocenters. The molecule has 2 N–H and O–H groups in total. The van der Waals surface area contributed by atoms with Gasteiger partial charge in [0.15, 0.2) is 6.04 Å². The molecule has 2 aromatic rings. The van der Waals surface area contributed by atoms with Crippen molar-refractivity contribution in [2.45, 2.75) is 37.6 Å². The molecule has 1 saturated carbocycles. The van der Waals surface area contributed by atoms with Crippen LogP contribution in [0.25, 0.3) is 11.1 Å². The zero-order valence-corrected chi connectivity index (χ0v) is 16.9. The predicted octanol–water partition coefficient (Wildman–Crippen LogP) is 4.19. The maximum absolute atomic E-state index is 12.3. The minimum atomic E-state index is -1.13. The van der Waals surface area contributed by atoms with E-state index in [1.54, 1.807) is 0 Å². The fourth-order valence-electron chi connectivity index (χ4n) is 4.49. The Morgan fingerprint density at radius 3 is 2.17 bits per heavy atom. The van der Waals surface area contributed by atoms with Crippen LogP contribution in [0.15, 0.2) is 48.5 Å². The highest BCUT2D eigenvalue weighted by Crippen LogP contribution is 2.44. The Balaban J connectivity index is 1.33. The van der Waals surface area contributed by atoms with Crippen LogP contribution in [0.1, 0.15) is 42.7 Å². The quantitative estimate of drug-likeness (QED) is 0.683. The van der Waals surface area contributed by atoms with E-state index in [9.17, 15) is 14.7 Å². The molecule has 0 aromatic heterocycles. The maximum atomic E-state index is 12.3. The molecule has 2 aliphatic carbocycles. The molecule has 1 amide bonds. The fourth-order valence-corrected chi connectivity index (χ4v) is 4.49. The summed E-state index contributed by atoms with van der Waals surface area (Å²) >= 11 is 0. The van der Waals surface area contributed by atoms with E-state index in [0.717, 1.165) is 35.1 Å². The molecule has 30 heavy (non-hydrogen) atoms. The normalized spacial score (nSPS) is 16.7. The largest absolute Gasteiger partial charge is 0.480 e. The maximum Gasteiger partial charge on any atom is 0.407 e. The molecule has 6 heteroatoms. The van der Waals surface area contributed by atoms with Crippen LogP contribution in [0.3, 0.4) is 0 Å². The van der Waals surface area contributed by atoms with E-state index in [4.69, 9.17) is 9.47 Å². The van der Waals surface area contributed by atoms with E-state index in [1.165, 1.54) is 12.8 Å². The van der Waals surface area contributed by atoms with Crippen LogP contribution in [0, 0.1) is 5.92 Å². The number of amides is 1. The van der Waals surface area contributed by atoms with Gasteiger partial charge in [-0.25, -0.2) is 9.59 Å². The van der Waals surface area contributed by atoms with Crippen LogP contribution in [0.2, 0.25) is 0 Å². The van der Waals surface area contributed by atoms with Crippen LogP contribution in [0.4, 0.5) is 4.79 Å². The summed E-state index contributed by atoms with van der Waals surface area (Å²) in [6, 6.07) is 15.0. The summed E-state index contributed by atoms with van der Waals surface area (Å²) < 4.78 is 11.0. The Labute approximate surface area is 176 Å². The Morgan fingerprint density at radius 2 is 1.57 bits per heavy atom. The molecule has 0 bridgehead atoms. The van der Waals surface area contributed by atoms with Crippen LogP contribution in [-0.4, -0.2) is 43.0 Å². The molecule has 2 aliphatic rings. The Bertz CT molecular complexity index is 860. The third-order valence-corrected chi connectivity index (χ3v) is 6.05. The highest BCUT2D eigenvalue weighted by Gasteiger charge is 2.30. The van der Waals surface area contributed by atoms with Crippen LogP contribution in [0.5, 0.6) is 0 Å². The van der Waals surface area contributed by atoms with Gasteiger partial charge in [-0.2, -0.15) is 0 Å². The highest BCUT2D eigenvalue weighted by atomic mass is 16.5. The fraction of sp³-hybridized carbons (Fsp3) is 0.417. The summed E-state index contributed by atoms with van der Waals surface area (Å²) in [4.78, 5) is 23.8. The van der Waals surface area contributed by atoms with E-state index in [2.05, 4.69) is 17.4 Å². The number of hydrogen-bond donors (Lipinski definition) is 2. The first kappa shape index (κ1) is 20.4. The molecule has 0 spiro atoms. The molecule has 0 radical (unpaired) electrons. The average molecular weight is 409 g/mol. The summed E-state index contributed by atoms with van der Waals surface area (Å²) in [6.45, 7) is 0.626. The van der Waals surface area contributed by atoms with Crippen LogP contribution >= 0.6 is 0 Å². The van der Waals surface area contributed by atoms with Gasteiger partial charge < -0.3 is 19.9 Å². The summed E-state index contributed by atoms with van der Waals surface area (Å²) in [5.74, 6) is -0.700. The number of benzene rings is 2. The van der Waals surface area contributed by atoms with Crippen molar-refractivity contribution >= 4 is 12.1 Å². The first-order valence-corrected chi connectivity index (χ1v) is 10.6. The number of fused-ring (bicyclic) bond motifs is 3. The van der Waals surface area contributed by atoms with Gasteiger partial charge in [-0.15, -0.1) is 0 Å². The SMILES string of the molecule is O=C(N[C@@H](COCC1CCCC1)C(=O)O)OCC1c2ccccc2-c2ccccc21. The number of rotatable bonds is 8. The molecular weight excluding hydrogens is 382 g/mol. The van der Waals surface area contributed by atoms with Gasteiger partial charge in [-0.1, -0.05) is 61.4 Å². The number of aliphatic carboxylic acids is 1. The lowest BCUT2D eigenvalue weighted by Crippen LogP contribution is -2.44. The lowest BCUT2D eigenvalue weighted by Gasteiger charge is -2.18. The second-order valence-corrected chi connectivity index (χ2v) is 8.05. The lowest BCUT2D eigenvalue weighted by molar-refractivity contribution is -0.141. The van der Waals surface area contributed by atoms with Gasteiger partial charge in [0.2, 0.25) is 0 Å². The molecule has 0 heterocycles. The minimum Gasteiger partial charge on any atom is -0.480 e. The van der Waals surface area contributed by atoms with Crippen LogP contribution in [-0.2, 0) is 14.3 Å². The second kappa shape index (κ2) is 9.30. The number of carboxylic acid groups (broad SMARTS) is 1. The second-order valence-electron chi connectivity index (χ2n) is 8.05. The first-order chi connectivity index (χ1) is 14.6. The van der Waals surface area contributed by atoms with E-state index in [-0.39, 0.29) is 19.1 Å². The summed E-state index contributed by atoms with van der Waals surface area (Å²) in [5.41, 5.74) is 4.51. The number of alkyl carbamates (subject to hydrolysis) is 1. The first-order valence-electron chi connectivity index (χ1n) is 10.6. The summed E-state index contributed by atoms with van der Waals surface area (Å²) in [7, 11) is 0. The molecule has 2 aromatic carbocycles. The Kier molecular flexibility index (Phi) is 6.33. The molecule has 0 aliphatic heterocycles. The smallest absolute Gasteiger partial charge is 0.407 e. The standard InChI is InChI=1S/C24H27NO5/c26-23(27)22(15-29-13-16-7-1-2-8-16)25-24(28)30-14-21-19-11-5-3-9-17(19)18-10-4-6-12-20(18)21/h3-6,9-12,16,21-22H,1-2,7-8,13-15H2,(H,25,28)(H,26,27)/t22-/m0/s1. The number of hydrogen-bond acceptors (Lipinski definition) is 4. The van der Waals surface area contributed by atoms with Crippen molar-refractivity contribution in [1.82, 2.24) is 5.32 Å². The van der Waals surface area contributed by atoms with E-state index in [1.807, 2.05) is 36.4 Å². The monoisotopic (exact) mass is 409 g/mol. The van der Waals surface area contributed by atoms with Gasteiger partial charge in [-0.05, 0) is 41.0 Å². The minimum absolute atomic E-state index is 0.0595. The van der Waals surface area contributed by atoms with Gasteiger partial charge in [0.1, 0.15) is 6.61 Å². The Morgan fingerprint density at radius 1 is 0.967 bits per heavy atom. The zero-order valence-electron chi connectivity index (χ0n) is 16.9. The Hall–Kier alpha value is -2.86. The molecule has 4 rings (SSSR count). The number of carbonyl (C=O) groups excluding carboxylic acids is 1. The summed E-state index contributed by atoms with van der Waals surface area (Å²) in [6.07, 6.45) is 3.91. The van der Waals surface area contributed by atoms with Gasteiger partial charge >= 0.3 is 12.1 Å². The predicted molar refractivity (Wildman–Crippen MR) is 112 cm³/mol.